The maximum Gasteiger partial charge on any atom is 0.0728 e. The van der Waals surface area contributed by atoms with Crippen LogP contribution in [0.1, 0.15) is 48.9 Å². The third-order valence-corrected chi connectivity index (χ3v) is 4.10. The highest BCUT2D eigenvalue weighted by Gasteiger charge is 2.14. The van der Waals surface area contributed by atoms with Gasteiger partial charge in [-0.25, -0.2) is 0 Å². The molecule has 1 nitrogen and oxygen atoms in total. The Morgan fingerprint density at radius 3 is 2.24 bits per heavy atom. The molecule has 1 heterocycles. The zero-order valence-electron chi connectivity index (χ0n) is 12.9. The number of hydrogen-bond acceptors (Lipinski definition) is 1. The summed E-state index contributed by atoms with van der Waals surface area (Å²) in [5.41, 5.74) is 7.52. The van der Waals surface area contributed by atoms with E-state index in [9.17, 15) is 0 Å². The first-order valence-corrected chi connectivity index (χ1v) is 7.58. The summed E-state index contributed by atoms with van der Waals surface area (Å²) in [6, 6.07) is 17.4. The van der Waals surface area contributed by atoms with E-state index in [0.717, 1.165) is 12.3 Å². The summed E-state index contributed by atoms with van der Waals surface area (Å²) in [7, 11) is 0. The third kappa shape index (κ3) is 2.69. The SMILES string of the molecule is CC1=CCN=C(c2ccc(C(C)C)cc2)c2ccccc21. The molecule has 21 heavy (non-hydrogen) atoms. The molecule has 0 saturated heterocycles. The number of nitrogens with zero attached hydrogens (tertiary/aromatic N) is 1. The molecule has 0 spiro atoms. The van der Waals surface area contributed by atoms with Crippen LogP contribution in [0.15, 0.2) is 59.6 Å². The quantitative estimate of drug-likeness (QED) is 0.726. The molecule has 1 aliphatic rings. The van der Waals surface area contributed by atoms with Gasteiger partial charge in [0.05, 0.1) is 12.3 Å². The second-order valence-corrected chi connectivity index (χ2v) is 5.90. The van der Waals surface area contributed by atoms with Crippen LogP contribution in [0.4, 0.5) is 0 Å². The lowest BCUT2D eigenvalue weighted by molar-refractivity contribution is 0.866. The van der Waals surface area contributed by atoms with E-state index in [1.54, 1.807) is 0 Å². The molecule has 2 aromatic rings. The van der Waals surface area contributed by atoms with Crippen molar-refractivity contribution < 1.29 is 0 Å². The Morgan fingerprint density at radius 2 is 1.57 bits per heavy atom. The first-order chi connectivity index (χ1) is 10.2. The van der Waals surface area contributed by atoms with Gasteiger partial charge in [-0.15, -0.1) is 0 Å². The fourth-order valence-electron chi connectivity index (χ4n) is 2.78. The number of rotatable bonds is 2. The van der Waals surface area contributed by atoms with Crippen LogP contribution in [0, 0.1) is 0 Å². The van der Waals surface area contributed by atoms with Crippen LogP contribution >= 0.6 is 0 Å². The number of benzene rings is 2. The van der Waals surface area contributed by atoms with Crippen molar-refractivity contribution in [3.63, 3.8) is 0 Å². The van der Waals surface area contributed by atoms with Crippen LogP contribution in [0.25, 0.3) is 5.57 Å². The predicted molar refractivity (Wildman–Crippen MR) is 91.1 cm³/mol. The fraction of sp³-hybridized carbons (Fsp3) is 0.250. The van der Waals surface area contributed by atoms with Crippen molar-refractivity contribution in [2.24, 2.45) is 4.99 Å². The van der Waals surface area contributed by atoms with Crippen LogP contribution < -0.4 is 0 Å². The molecule has 0 saturated carbocycles. The molecule has 0 amide bonds. The van der Waals surface area contributed by atoms with Gasteiger partial charge in [-0.1, -0.05) is 68.5 Å². The van der Waals surface area contributed by atoms with Crippen molar-refractivity contribution in [1.82, 2.24) is 0 Å². The molecule has 0 aromatic heterocycles. The number of aliphatic imine (C=N–C) groups is 1. The molecule has 106 valence electrons. The Labute approximate surface area is 127 Å². The topological polar surface area (TPSA) is 12.4 Å². The Morgan fingerprint density at radius 1 is 0.905 bits per heavy atom. The Balaban J connectivity index is 2.07. The first kappa shape index (κ1) is 13.8. The zero-order valence-corrected chi connectivity index (χ0v) is 12.9. The lowest BCUT2D eigenvalue weighted by atomic mass is 9.93. The van der Waals surface area contributed by atoms with Gasteiger partial charge in [0.2, 0.25) is 0 Å². The van der Waals surface area contributed by atoms with Crippen LogP contribution in [-0.4, -0.2) is 12.3 Å². The van der Waals surface area contributed by atoms with E-state index in [-0.39, 0.29) is 0 Å². The maximum atomic E-state index is 4.80. The van der Waals surface area contributed by atoms with Gasteiger partial charge in [-0.3, -0.25) is 4.99 Å². The molecule has 0 atom stereocenters. The number of allylic oxidation sites excluding steroid dienone is 1. The molecular weight excluding hydrogens is 254 g/mol. The second kappa shape index (κ2) is 5.69. The van der Waals surface area contributed by atoms with Crippen LogP contribution in [-0.2, 0) is 0 Å². The van der Waals surface area contributed by atoms with Gasteiger partial charge in [0.25, 0.3) is 0 Å². The van der Waals surface area contributed by atoms with Crippen LogP contribution in [0.5, 0.6) is 0 Å². The van der Waals surface area contributed by atoms with Gasteiger partial charge in [0.1, 0.15) is 0 Å². The smallest absolute Gasteiger partial charge is 0.0728 e. The average Bonchev–Trinajstić information content (AvgIpc) is 2.67. The average molecular weight is 275 g/mol. The largest absolute Gasteiger partial charge is 0.280 e. The molecule has 0 N–H and O–H groups in total. The minimum Gasteiger partial charge on any atom is -0.280 e. The van der Waals surface area contributed by atoms with Gasteiger partial charge in [0, 0.05) is 11.1 Å². The monoisotopic (exact) mass is 275 g/mol. The Kier molecular flexibility index (Phi) is 3.74. The van der Waals surface area contributed by atoms with E-state index in [2.05, 4.69) is 75.4 Å². The molecule has 1 aliphatic heterocycles. The molecule has 0 bridgehead atoms. The highest BCUT2D eigenvalue weighted by atomic mass is 14.7. The van der Waals surface area contributed by atoms with E-state index >= 15 is 0 Å². The Bertz CT molecular complexity index is 703. The third-order valence-electron chi connectivity index (χ3n) is 4.10. The van der Waals surface area contributed by atoms with E-state index in [0.29, 0.717) is 5.92 Å². The minimum atomic E-state index is 0.561. The minimum absolute atomic E-state index is 0.561. The summed E-state index contributed by atoms with van der Waals surface area (Å²) in [6.45, 7) is 7.36. The molecule has 2 aromatic carbocycles. The van der Waals surface area contributed by atoms with Gasteiger partial charge >= 0.3 is 0 Å². The predicted octanol–water partition coefficient (Wildman–Crippen LogP) is 5.06. The first-order valence-electron chi connectivity index (χ1n) is 7.58. The maximum absolute atomic E-state index is 4.80. The number of hydrogen-bond donors (Lipinski definition) is 0. The number of fused-ring (bicyclic) bond motifs is 1. The van der Waals surface area contributed by atoms with Gasteiger partial charge in [0.15, 0.2) is 0 Å². The highest BCUT2D eigenvalue weighted by Crippen LogP contribution is 2.25. The van der Waals surface area contributed by atoms with E-state index in [1.165, 1.54) is 27.8 Å². The summed E-state index contributed by atoms with van der Waals surface area (Å²) in [4.78, 5) is 4.80. The lowest BCUT2D eigenvalue weighted by Crippen LogP contribution is -2.06. The van der Waals surface area contributed by atoms with Gasteiger partial charge < -0.3 is 0 Å². The molecule has 0 aliphatic carbocycles. The summed E-state index contributed by atoms with van der Waals surface area (Å²) < 4.78 is 0. The van der Waals surface area contributed by atoms with Crippen molar-refractivity contribution in [3.8, 4) is 0 Å². The van der Waals surface area contributed by atoms with Crippen molar-refractivity contribution in [1.29, 1.82) is 0 Å². The molecule has 0 unspecified atom stereocenters. The van der Waals surface area contributed by atoms with E-state index in [4.69, 9.17) is 4.99 Å². The van der Waals surface area contributed by atoms with Gasteiger partial charge in [-0.2, -0.15) is 0 Å². The molecule has 0 fully saturated rings. The highest BCUT2D eigenvalue weighted by molar-refractivity contribution is 6.15. The second-order valence-electron chi connectivity index (χ2n) is 5.90. The molecule has 3 rings (SSSR count). The summed E-state index contributed by atoms with van der Waals surface area (Å²) in [5.74, 6) is 0.561. The molecular formula is C20H21N. The van der Waals surface area contributed by atoms with E-state index in [1.807, 2.05) is 0 Å². The molecule has 1 heteroatoms. The zero-order chi connectivity index (χ0) is 14.8. The molecule has 0 radical (unpaired) electrons. The van der Waals surface area contributed by atoms with Crippen molar-refractivity contribution in [2.45, 2.75) is 26.7 Å². The van der Waals surface area contributed by atoms with Crippen molar-refractivity contribution in [3.05, 3.63) is 76.9 Å². The fourth-order valence-corrected chi connectivity index (χ4v) is 2.78. The van der Waals surface area contributed by atoms with Crippen LogP contribution in [0.3, 0.4) is 0 Å². The Hall–Kier alpha value is -2.15. The van der Waals surface area contributed by atoms with Gasteiger partial charge in [-0.05, 0) is 29.5 Å². The standard InChI is InChI=1S/C20H21N/c1-14(2)16-8-10-17(11-9-16)20-19-7-5-4-6-18(19)15(3)12-13-21-20/h4-12,14H,13H2,1-3H3. The van der Waals surface area contributed by atoms with Crippen molar-refractivity contribution >= 4 is 11.3 Å². The summed E-state index contributed by atoms with van der Waals surface area (Å²) >= 11 is 0. The summed E-state index contributed by atoms with van der Waals surface area (Å²) in [5, 5.41) is 0. The van der Waals surface area contributed by atoms with E-state index < -0.39 is 0 Å². The summed E-state index contributed by atoms with van der Waals surface area (Å²) in [6.07, 6.45) is 2.20. The normalized spacial score (nSPS) is 14.3. The lowest BCUT2D eigenvalue weighted by Gasteiger charge is -2.12. The van der Waals surface area contributed by atoms with Crippen LogP contribution in [0.2, 0.25) is 0 Å². The van der Waals surface area contributed by atoms with Crippen molar-refractivity contribution in [2.75, 3.05) is 6.54 Å².